The van der Waals surface area contributed by atoms with Crippen LogP contribution in [-0.4, -0.2) is 65.9 Å². The first-order chi connectivity index (χ1) is 13.7. The highest BCUT2D eigenvalue weighted by Crippen LogP contribution is 2.25. The van der Waals surface area contributed by atoms with Gasteiger partial charge in [0.1, 0.15) is 0 Å². The van der Waals surface area contributed by atoms with Gasteiger partial charge >= 0.3 is 0 Å². The summed E-state index contributed by atoms with van der Waals surface area (Å²) in [7, 11) is 2.18. The van der Waals surface area contributed by atoms with Gasteiger partial charge in [0, 0.05) is 50.1 Å². The van der Waals surface area contributed by atoms with Crippen molar-refractivity contribution in [3.8, 4) is 0 Å². The van der Waals surface area contributed by atoms with Gasteiger partial charge < -0.3 is 20.0 Å². The summed E-state index contributed by atoms with van der Waals surface area (Å²) in [6, 6.07) is 9.12. The van der Waals surface area contributed by atoms with E-state index in [9.17, 15) is 0 Å². The number of nitrogens with one attached hydrogen (secondary N) is 1. The van der Waals surface area contributed by atoms with Gasteiger partial charge in [-0.05, 0) is 57.0 Å². The second-order valence-electron chi connectivity index (χ2n) is 7.86. The van der Waals surface area contributed by atoms with Gasteiger partial charge in [0.25, 0.3) is 0 Å². The predicted octanol–water partition coefficient (Wildman–Crippen LogP) is 3.14. The quantitative estimate of drug-likeness (QED) is 0.854. The molecular formula is C21H31N7. The summed E-state index contributed by atoms with van der Waals surface area (Å²) in [5.74, 6) is 1.49. The van der Waals surface area contributed by atoms with Crippen LogP contribution < -0.4 is 15.1 Å². The number of anilines is 4. The Hall–Kier alpha value is -2.41. The fourth-order valence-electron chi connectivity index (χ4n) is 4.13. The van der Waals surface area contributed by atoms with Crippen LogP contribution in [0.15, 0.2) is 30.5 Å². The Kier molecular flexibility index (Phi) is 5.90. The van der Waals surface area contributed by atoms with Gasteiger partial charge in [-0.1, -0.05) is 6.92 Å². The predicted molar refractivity (Wildman–Crippen MR) is 115 cm³/mol. The molecule has 7 nitrogen and oxygen atoms in total. The topological polar surface area (TPSA) is 60.4 Å². The molecule has 2 aliphatic heterocycles. The number of aromatic nitrogens is 3. The molecule has 0 amide bonds. The Balaban J connectivity index is 1.43. The van der Waals surface area contributed by atoms with E-state index in [-0.39, 0.29) is 0 Å². The van der Waals surface area contributed by atoms with Crippen LogP contribution in [0.3, 0.4) is 0 Å². The molecule has 28 heavy (non-hydrogen) atoms. The van der Waals surface area contributed by atoms with Crippen molar-refractivity contribution >= 4 is 23.1 Å². The van der Waals surface area contributed by atoms with E-state index < -0.39 is 0 Å². The Morgan fingerprint density at radius 3 is 2.57 bits per heavy atom. The Morgan fingerprint density at radius 2 is 1.82 bits per heavy atom. The van der Waals surface area contributed by atoms with Crippen molar-refractivity contribution in [3.63, 3.8) is 0 Å². The smallest absolute Gasteiger partial charge is 0.247 e. The van der Waals surface area contributed by atoms with E-state index >= 15 is 0 Å². The third-order valence-corrected chi connectivity index (χ3v) is 5.91. The van der Waals surface area contributed by atoms with E-state index in [4.69, 9.17) is 4.98 Å². The number of likely N-dealkylation sites (N-methyl/N-ethyl adjacent to an activating group) is 1. The molecule has 150 valence electrons. The van der Waals surface area contributed by atoms with E-state index in [1.165, 1.54) is 24.9 Å². The van der Waals surface area contributed by atoms with Crippen LogP contribution in [0, 0.1) is 0 Å². The maximum absolute atomic E-state index is 4.74. The largest absolute Gasteiger partial charge is 0.369 e. The first-order valence-corrected chi connectivity index (χ1v) is 10.5. The van der Waals surface area contributed by atoms with E-state index in [1.807, 2.05) is 0 Å². The van der Waals surface area contributed by atoms with E-state index in [1.54, 1.807) is 6.20 Å². The van der Waals surface area contributed by atoms with Crippen LogP contribution in [0.5, 0.6) is 0 Å². The summed E-state index contributed by atoms with van der Waals surface area (Å²) in [4.78, 5) is 11.9. The average Bonchev–Trinajstić information content (AvgIpc) is 2.75. The number of piperidine rings is 1. The van der Waals surface area contributed by atoms with E-state index in [2.05, 4.69) is 68.5 Å². The maximum Gasteiger partial charge on any atom is 0.247 e. The van der Waals surface area contributed by atoms with Crippen molar-refractivity contribution in [2.45, 2.75) is 38.6 Å². The molecule has 1 atom stereocenters. The summed E-state index contributed by atoms with van der Waals surface area (Å²) in [6.07, 6.45) is 6.52. The molecule has 0 aliphatic carbocycles. The third kappa shape index (κ3) is 4.35. The highest BCUT2D eigenvalue weighted by molar-refractivity contribution is 5.61. The van der Waals surface area contributed by atoms with Crippen LogP contribution in [-0.2, 0) is 0 Å². The van der Waals surface area contributed by atoms with Gasteiger partial charge in [-0.15, -0.1) is 5.10 Å². The van der Waals surface area contributed by atoms with E-state index in [0.29, 0.717) is 6.04 Å². The lowest BCUT2D eigenvalue weighted by atomic mass is 10.0. The van der Waals surface area contributed by atoms with Crippen molar-refractivity contribution in [1.29, 1.82) is 0 Å². The van der Waals surface area contributed by atoms with Crippen LogP contribution in [0.1, 0.15) is 32.6 Å². The second kappa shape index (κ2) is 8.73. The molecule has 0 bridgehead atoms. The summed E-state index contributed by atoms with van der Waals surface area (Å²) < 4.78 is 0. The molecule has 1 N–H and O–H groups in total. The van der Waals surface area contributed by atoms with Gasteiger partial charge in [-0.2, -0.15) is 10.1 Å². The number of hydrogen-bond acceptors (Lipinski definition) is 7. The molecule has 0 saturated carbocycles. The maximum atomic E-state index is 4.74. The van der Waals surface area contributed by atoms with Crippen LogP contribution in [0.25, 0.3) is 0 Å². The SMILES string of the molecule is CCC1CCCCN1c1nncc(Nc2ccc(N3CCN(C)CC3)cc2)n1. The molecule has 1 aromatic carbocycles. The van der Waals surface area contributed by atoms with Crippen molar-refractivity contribution in [2.24, 2.45) is 0 Å². The van der Waals surface area contributed by atoms with Gasteiger partial charge in [0.05, 0.1) is 6.20 Å². The first kappa shape index (κ1) is 18.9. The number of hydrogen-bond donors (Lipinski definition) is 1. The van der Waals surface area contributed by atoms with E-state index in [0.717, 1.165) is 56.6 Å². The molecule has 4 rings (SSSR count). The lowest BCUT2D eigenvalue weighted by molar-refractivity contribution is 0.313. The summed E-state index contributed by atoms with van der Waals surface area (Å²) in [5, 5.41) is 11.9. The Morgan fingerprint density at radius 1 is 1.04 bits per heavy atom. The van der Waals surface area contributed by atoms with Gasteiger partial charge in [0.15, 0.2) is 5.82 Å². The van der Waals surface area contributed by atoms with Gasteiger partial charge in [0.2, 0.25) is 5.95 Å². The first-order valence-electron chi connectivity index (χ1n) is 10.5. The van der Waals surface area contributed by atoms with Crippen LogP contribution >= 0.6 is 0 Å². The zero-order valence-corrected chi connectivity index (χ0v) is 17.0. The Labute approximate surface area is 167 Å². The van der Waals surface area contributed by atoms with Gasteiger partial charge in [-0.3, -0.25) is 0 Å². The summed E-state index contributed by atoms with van der Waals surface area (Å²) in [5.41, 5.74) is 2.30. The van der Waals surface area contributed by atoms with Crippen molar-refractivity contribution in [1.82, 2.24) is 20.1 Å². The van der Waals surface area contributed by atoms with Crippen LogP contribution in [0.2, 0.25) is 0 Å². The molecule has 0 spiro atoms. The van der Waals surface area contributed by atoms with Crippen molar-refractivity contribution in [2.75, 3.05) is 54.9 Å². The lowest BCUT2D eigenvalue weighted by Gasteiger charge is -2.35. The molecule has 2 fully saturated rings. The monoisotopic (exact) mass is 381 g/mol. The number of rotatable bonds is 5. The zero-order valence-electron chi connectivity index (χ0n) is 17.0. The molecule has 2 saturated heterocycles. The minimum Gasteiger partial charge on any atom is -0.369 e. The fourth-order valence-corrected chi connectivity index (χ4v) is 4.13. The van der Waals surface area contributed by atoms with Crippen LogP contribution in [0.4, 0.5) is 23.1 Å². The fraction of sp³-hybridized carbons (Fsp3) is 0.571. The summed E-state index contributed by atoms with van der Waals surface area (Å²) >= 11 is 0. The highest BCUT2D eigenvalue weighted by atomic mass is 15.3. The molecule has 7 heteroatoms. The molecule has 2 aromatic rings. The number of benzene rings is 1. The molecular weight excluding hydrogens is 350 g/mol. The molecule has 3 heterocycles. The molecule has 1 aromatic heterocycles. The van der Waals surface area contributed by atoms with Crippen molar-refractivity contribution in [3.05, 3.63) is 30.5 Å². The van der Waals surface area contributed by atoms with Gasteiger partial charge in [-0.25, -0.2) is 0 Å². The van der Waals surface area contributed by atoms with Crippen molar-refractivity contribution < 1.29 is 0 Å². The Bertz CT molecular complexity index is 756. The average molecular weight is 382 g/mol. The normalized spacial score (nSPS) is 21.0. The number of nitrogens with zero attached hydrogens (tertiary/aromatic N) is 6. The molecule has 1 unspecified atom stereocenters. The third-order valence-electron chi connectivity index (χ3n) is 5.91. The molecule has 2 aliphatic rings. The standard InChI is InChI=1S/C21H31N7/c1-3-18-6-4-5-11-28(18)21-24-20(16-22-25-21)23-17-7-9-19(10-8-17)27-14-12-26(2)13-15-27/h7-10,16,18H,3-6,11-15H2,1-2H3,(H,23,24,25). The zero-order chi connectivity index (χ0) is 19.3. The summed E-state index contributed by atoms with van der Waals surface area (Å²) in [6.45, 7) is 7.65. The second-order valence-corrected chi connectivity index (χ2v) is 7.86. The number of piperazine rings is 1. The highest BCUT2D eigenvalue weighted by Gasteiger charge is 2.23. The minimum atomic E-state index is 0.522. The lowest BCUT2D eigenvalue weighted by Crippen LogP contribution is -2.44. The minimum absolute atomic E-state index is 0.522. The molecule has 0 radical (unpaired) electrons.